The Morgan fingerprint density at radius 1 is 1.13 bits per heavy atom. The van der Waals surface area contributed by atoms with E-state index in [-0.39, 0.29) is 17.5 Å². The number of hydrogen-bond donors (Lipinski definition) is 2. The minimum atomic E-state index is -4.22. The molecule has 0 amide bonds. The van der Waals surface area contributed by atoms with Crippen molar-refractivity contribution in [2.24, 2.45) is 0 Å². The Hall–Kier alpha value is -4.04. The largest absolute Gasteiger partial charge is 0.494 e. The topological polar surface area (TPSA) is 156 Å². The van der Waals surface area contributed by atoms with Gasteiger partial charge in [-0.2, -0.15) is 5.10 Å². The lowest BCUT2D eigenvalue weighted by atomic mass is 10.2. The maximum Gasteiger partial charge on any atom is 0.243 e. The smallest absolute Gasteiger partial charge is 0.243 e. The molecule has 202 valence electrons. The molecule has 0 unspecified atom stereocenters. The first-order valence-corrected chi connectivity index (χ1v) is 13.4. The van der Waals surface area contributed by atoms with Crippen LogP contribution in [0, 0.1) is 6.92 Å². The average molecular weight is 545 g/mol. The van der Waals surface area contributed by atoms with Crippen molar-refractivity contribution in [1.29, 1.82) is 0 Å². The third-order valence-corrected chi connectivity index (χ3v) is 7.95. The molecule has 4 heterocycles. The van der Waals surface area contributed by atoms with Crippen LogP contribution in [0.1, 0.15) is 30.9 Å². The number of nitrogens with zero attached hydrogens (tertiary/aromatic N) is 5. The molecule has 1 aliphatic heterocycles. The fraction of sp³-hybridized carbons (Fsp3) is 0.375. The molecular weight excluding hydrogens is 516 g/mol. The van der Waals surface area contributed by atoms with E-state index in [1.807, 2.05) is 0 Å². The lowest BCUT2D eigenvalue weighted by molar-refractivity contribution is 0.170. The minimum absolute atomic E-state index is 0.150. The average Bonchev–Trinajstić information content (AvgIpc) is 3.65. The van der Waals surface area contributed by atoms with Crippen LogP contribution in [0.2, 0.25) is 0 Å². The molecule has 4 aromatic rings. The SMILES string of the molecule is COc1cccc(OC)c1-n1c(NS(=O)(=O)[C@@H](C)[C@@H](O)c2cc3n(n2)CCCO3)nnc1-c1ccc(C)o1. The second-order valence-corrected chi connectivity index (χ2v) is 10.8. The van der Waals surface area contributed by atoms with E-state index in [0.29, 0.717) is 47.7 Å². The van der Waals surface area contributed by atoms with Gasteiger partial charge in [-0.3, -0.25) is 9.29 Å². The van der Waals surface area contributed by atoms with Crippen molar-refractivity contribution in [3.05, 3.63) is 47.9 Å². The molecular formula is C24H28N6O7S. The zero-order valence-corrected chi connectivity index (χ0v) is 22.1. The number of aromatic nitrogens is 5. The van der Waals surface area contributed by atoms with Gasteiger partial charge in [0.25, 0.3) is 0 Å². The Labute approximate surface area is 219 Å². The van der Waals surface area contributed by atoms with Gasteiger partial charge in [0.2, 0.25) is 27.7 Å². The van der Waals surface area contributed by atoms with Crippen LogP contribution >= 0.6 is 0 Å². The molecule has 1 aliphatic rings. The molecule has 0 bridgehead atoms. The predicted octanol–water partition coefficient (Wildman–Crippen LogP) is 2.70. The second kappa shape index (κ2) is 10.0. The van der Waals surface area contributed by atoms with Crippen molar-refractivity contribution >= 4 is 16.0 Å². The van der Waals surface area contributed by atoms with Gasteiger partial charge in [0.05, 0.1) is 26.5 Å². The highest BCUT2D eigenvalue weighted by Gasteiger charge is 2.34. The van der Waals surface area contributed by atoms with Crippen LogP contribution in [0.5, 0.6) is 17.4 Å². The van der Waals surface area contributed by atoms with Crippen LogP contribution < -0.4 is 18.9 Å². The summed E-state index contributed by atoms with van der Waals surface area (Å²) in [4.78, 5) is 0. The van der Waals surface area contributed by atoms with Gasteiger partial charge in [-0.15, -0.1) is 10.2 Å². The number of benzene rings is 1. The van der Waals surface area contributed by atoms with Gasteiger partial charge in [0.1, 0.15) is 34.3 Å². The standard InChI is InChI=1S/C24H28N6O7S/c1-14-9-10-19(37-14)23-25-26-24(30(23)21-17(34-3)7-5-8-18(21)35-4)28-38(32,33)15(2)22(31)16-13-20-29(27-16)11-6-12-36-20/h5,7-10,13,15,22,31H,6,11-12H2,1-4H3,(H,26,28)/t15-,22+/m0/s1. The van der Waals surface area contributed by atoms with E-state index in [4.69, 9.17) is 18.6 Å². The van der Waals surface area contributed by atoms with Crippen LogP contribution in [0.3, 0.4) is 0 Å². The monoisotopic (exact) mass is 544 g/mol. The summed E-state index contributed by atoms with van der Waals surface area (Å²) in [6, 6.07) is 10.1. The highest BCUT2D eigenvalue weighted by Crippen LogP contribution is 2.38. The molecule has 3 aromatic heterocycles. The van der Waals surface area contributed by atoms with Crippen LogP contribution in [-0.2, 0) is 16.6 Å². The van der Waals surface area contributed by atoms with Gasteiger partial charge in [-0.25, -0.2) is 13.1 Å². The molecule has 5 rings (SSSR count). The van der Waals surface area contributed by atoms with Gasteiger partial charge in [-0.05, 0) is 38.1 Å². The number of para-hydroxylation sites is 1. The summed E-state index contributed by atoms with van der Waals surface area (Å²) in [5, 5.41) is 22.3. The predicted molar refractivity (Wildman–Crippen MR) is 136 cm³/mol. The number of nitrogens with one attached hydrogen (secondary N) is 1. The number of methoxy groups -OCH3 is 2. The first-order valence-electron chi connectivity index (χ1n) is 11.9. The van der Waals surface area contributed by atoms with E-state index in [2.05, 4.69) is 20.0 Å². The first kappa shape index (κ1) is 25.6. The Morgan fingerprint density at radius 2 is 1.87 bits per heavy atom. The van der Waals surface area contributed by atoms with Gasteiger partial charge < -0.3 is 23.7 Å². The molecule has 0 aliphatic carbocycles. The highest BCUT2D eigenvalue weighted by molar-refractivity contribution is 7.93. The normalized spacial score (nSPS) is 14.9. The molecule has 2 N–H and O–H groups in total. The fourth-order valence-corrected chi connectivity index (χ4v) is 5.24. The van der Waals surface area contributed by atoms with E-state index in [9.17, 15) is 13.5 Å². The lowest BCUT2D eigenvalue weighted by Crippen LogP contribution is -2.32. The molecule has 0 saturated heterocycles. The van der Waals surface area contributed by atoms with Crippen molar-refractivity contribution in [2.75, 3.05) is 25.5 Å². The molecule has 0 spiro atoms. The Balaban J connectivity index is 1.55. The van der Waals surface area contributed by atoms with Gasteiger partial charge in [0.15, 0.2) is 5.76 Å². The number of aliphatic hydroxyl groups excluding tert-OH is 1. The first-order chi connectivity index (χ1) is 18.2. The Morgan fingerprint density at radius 3 is 2.50 bits per heavy atom. The Kier molecular flexibility index (Phi) is 6.75. The van der Waals surface area contributed by atoms with Crippen molar-refractivity contribution in [2.45, 2.75) is 38.2 Å². The number of fused-ring (bicyclic) bond motifs is 1. The summed E-state index contributed by atoms with van der Waals surface area (Å²) < 4.78 is 54.9. The molecule has 13 nitrogen and oxygen atoms in total. The van der Waals surface area contributed by atoms with E-state index >= 15 is 0 Å². The number of hydrogen-bond acceptors (Lipinski definition) is 10. The number of ether oxygens (including phenoxy) is 3. The van der Waals surface area contributed by atoms with Gasteiger partial charge in [-0.1, -0.05) is 6.07 Å². The quantitative estimate of drug-likeness (QED) is 0.321. The van der Waals surface area contributed by atoms with Crippen molar-refractivity contribution in [1.82, 2.24) is 24.5 Å². The highest BCUT2D eigenvalue weighted by atomic mass is 32.2. The van der Waals surface area contributed by atoms with E-state index in [0.717, 1.165) is 6.42 Å². The number of aliphatic hydroxyl groups is 1. The summed E-state index contributed by atoms with van der Waals surface area (Å²) in [5.74, 6) is 2.30. The third kappa shape index (κ3) is 4.56. The molecule has 0 fully saturated rings. The summed E-state index contributed by atoms with van der Waals surface area (Å²) in [6.07, 6.45) is -0.655. The zero-order chi connectivity index (χ0) is 27.0. The van der Waals surface area contributed by atoms with Crippen LogP contribution in [0.4, 0.5) is 5.95 Å². The minimum Gasteiger partial charge on any atom is -0.494 e. The molecule has 0 saturated carbocycles. The fourth-order valence-electron chi connectivity index (χ4n) is 4.19. The zero-order valence-electron chi connectivity index (χ0n) is 21.3. The summed E-state index contributed by atoms with van der Waals surface area (Å²) in [7, 11) is -1.26. The van der Waals surface area contributed by atoms with Crippen LogP contribution in [0.15, 0.2) is 40.8 Å². The van der Waals surface area contributed by atoms with Crippen molar-refractivity contribution in [3.63, 3.8) is 0 Å². The maximum atomic E-state index is 13.5. The molecule has 0 radical (unpaired) electrons. The van der Waals surface area contributed by atoms with E-state index < -0.39 is 21.4 Å². The molecule has 14 heteroatoms. The maximum absolute atomic E-state index is 13.5. The third-order valence-electron chi connectivity index (χ3n) is 6.25. The summed E-state index contributed by atoms with van der Waals surface area (Å²) in [6.45, 7) is 4.32. The van der Waals surface area contributed by atoms with Crippen molar-refractivity contribution < 1.29 is 32.2 Å². The molecule has 2 atom stereocenters. The van der Waals surface area contributed by atoms with E-state index in [1.165, 1.54) is 25.7 Å². The van der Waals surface area contributed by atoms with Gasteiger partial charge in [0, 0.05) is 19.0 Å². The van der Waals surface area contributed by atoms with Crippen molar-refractivity contribution in [3.8, 4) is 34.7 Å². The number of aryl methyl sites for hydroxylation is 2. The number of rotatable bonds is 9. The molecule has 1 aromatic carbocycles. The number of anilines is 1. The molecule has 38 heavy (non-hydrogen) atoms. The van der Waals surface area contributed by atoms with Crippen LogP contribution in [0.25, 0.3) is 17.3 Å². The lowest BCUT2D eigenvalue weighted by Gasteiger charge is -2.20. The van der Waals surface area contributed by atoms with Crippen LogP contribution in [-0.4, -0.2) is 64.1 Å². The summed E-state index contributed by atoms with van der Waals surface area (Å²) >= 11 is 0. The Bertz CT molecular complexity index is 1510. The van der Waals surface area contributed by atoms with Gasteiger partial charge >= 0.3 is 0 Å². The number of sulfonamides is 1. The number of furan rings is 1. The second-order valence-electron chi connectivity index (χ2n) is 8.73. The van der Waals surface area contributed by atoms with E-state index in [1.54, 1.807) is 48.0 Å². The summed E-state index contributed by atoms with van der Waals surface area (Å²) in [5.41, 5.74) is 0.552.